The van der Waals surface area contributed by atoms with Crippen LogP contribution >= 0.6 is 0 Å². The van der Waals surface area contributed by atoms with Crippen molar-refractivity contribution in [1.29, 1.82) is 0 Å². The Hall–Kier alpha value is -1.44. The largest absolute Gasteiger partial charge is 0.393 e. The van der Waals surface area contributed by atoms with Crippen molar-refractivity contribution >= 4 is 5.82 Å². The summed E-state index contributed by atoms with van der Waals surface area (Å²) in [4.78, 5) is 15.3. The molecule has 2 heterocycles. The van der Waals surface area contributed by atoms with Gasteiger partial charge in [0.05, 0.1) is 12.7 Å². The first-order chi connectivity index (χ1) is 8.39. The minimum atomic E-state index is -1.08. The average Bonchev–Trinajstić information content (AvgIpc) is 2.55. The molecule has 1 saturated heterocycles. The molecule has 1 aliphatic rings. The first-order valence-electron chi connectivity index (χ1n) is 5.70. The van der Waals surface area contributed by atoms with E-state index in [-0.39, 0.29) is 18.3 Å². The fraction of sp³-hybridized carbons (Fsp3) is 0.636. The van der Waals surface area contributed by atoms with E-state index in [1.807, 2.05) is 0 Å². The van der Waals surface area contributed by atoms with Crippen LogP contribution in [0.4, 0.5) is 5.82 Å². The molecule has 1 aromatic rings. The van der Waals surface area contributed by atoms with Crippen molar-refractivity contribution in [1.82, 2.24) is 9.55 Å². The van der Waals surface area contributed by atoms with Crippen LogP contribution < -0.4 is 11.4 Å². The highest BCUT2D eigenvalue weighted by Gasteiger charge is 2.50. The van der Waals surface area contributed by atoms with E-state index in [1.165, 1.54) is 16.8 Å². The molecule has 2 rings (SSSR count). The Kier molecular flexibility index (Phi) is 3.14. The highest BCUT2D eigenvalue weighted by atomic mass is 16.6. The molecular formula is C11H17N3O4. The molecule has 4 atom stereocenters. The SMILES string of the molecule is CC1C(n2ccc(N)nc2=O)OC(C)(CO)C1O. The van der Waals surface area contributed by atoms with E-state index < -0.39 is 23.6 Å². The van der Waals surface area contributed by atoms with Crippen LogP contribution in [-0.4, -0.2) is 38.1 Å². The van der Waals surface area contributed by atoms with Crippen LogP contribution in [0.15, 0.2) is 17.1 Å². The zero-order valence-corrected chi connectivity index (χ0v) is 10.3. The second-order valence-corrected chi connectivity index (χ2v) is 4.83. The van der Waals surface area contributed by atoms with Crippen LogP contribution in [0, 0.1) is 5.92 Å². The van der Waals surface area contributed by atoms with Gasteiger partial charge in [-0.2, -0.15) is 4.98 Å². The lowest BCUT2D eigenvalue weighted by Crippen LogP contribution is -2.41. The van der Waals surface area contributed by atoms with E-state index in [0.717, 1.165) is 0 Å². The molecule has 0 saturated carbocycles. The molecule has 1 aliphatic heterocycles. The Balaban J connectivity index is 2.38. The Bertz CT molecular complexity index is 503. The summed E-state index contributed by atoms with van der Waals surface area (Å²) in [6, 6.07) is 1.48. The van der Waals surface area contributed by atoms with E-state index in [4.69, 9.17) is 10.5 Å². The molecule has 0 bridgehead atoms. The lowest BCUT2D eigenvalue weighted by molar-refractivity contribution is -0.117. The zero-order chi connectivity index (χ0) is 13.5. The van der Waals surface area contributed by atoms with Gasteiger partial charge >= 0.3 is 5.69 Å². The number of nitrogens with zero attached hydrogens (tertiary/aromatic N) is 2. The maximum atomic E-state index is 11.7. The Morgan fingerprint density at radius 2 is 2.33 bits per heavy atom. The number of aromatic nitrogens is 2. The van der Waals surface area contributed by atoms with Gasteiger partial charge in [-0.15, -0.1) is 0 Å². The molecule has 0 aliphatic carbocycles. The van der Waals surface area contributed by atoms with Crippen LogP contribution in [0.5, 0.6) is 0 Å². The van der Waals surface area contributed by atoms with Crippen LogP contribution in [-0.2, 0) is 4.74 Å². The summed E-state index contributed by atoms with van der Waals surface area (Å²) >= 11 is 0. The first kappa shape index (κ1) is 13.0. The maximum absolute atomic E-state index is 11.7. The van der Waals surface area contributed by atoms with E-state index in [9.17, 15) is 15.0 Å². The van der Waals surface area contributed by atoms with E-state index >= 15 is 0 Å². The summed E-state index contributed by atoms with van der Waals surface area (Å²) in [5.74, 6) is -0.211. The molecule has 18 heavy (non-hydrogen) atoms. The standard InChI is InChI=1S/C11H17N3O4/c1-6-8(16)11(2,5-15)18-9(6)14-4-3-7(12)13-10(14)17/h3-4,6,8-9,15-16H,5H2,1-2H3,(H2,12,13,17). The van der Waals surface area contributed by atoms with E-state index in [0.29, 0.717) is 0 Å². The summed E-state index contributed by atoms with van der Waals surface area (Å²) in [5, 5.41) is 19.3. The van der Waals surface area contributed by atoms with Gasteiger partial charge in [-0.05, 0) is 13.0 Å². The monoisotopic (exact) mass is 255 g/mol. The van der Waals surface area contributed by atoms with Crippen LogP contribution in [0.2, 0.25) is 0 Å². The van der Waals surface area contributed by atoms with Gasteiger partial charge in [0.25, 0.3) is 0 Å². The smallest absolute Gasteiger partial charge is 0.351 e. The molecule has 100 valence electrons. The zero-order valence-electron chi connectivity index (χ0n) is 10.3. The number of anilines is 1. The van der Waals surface area contributed by atoms with Crippen molar-refractivity contribution < 1.29 is 14.9 Å². The molecular weight excluding hydrogens is 238 g/mol. The second kappa shape index (κ2) is 4.34. The Morgan fingerprint density at radius 1 is 1.67 bits per heavy atom. The average molecular weight is 255 g/mol. The molecule has 7 nitrogen and oxygen atoms in total. The van der Waals surface area contributed by atoms with Gasteiger partial charge in [-0.1, -0.05) is 6.92 Å². The fourth-order valence-corrected chi connectivity index (χ4v) is 2.23. The van der Waals surface area contributed by atoms with Crippen molar-refractivity contribution in [2.45, 2.75) is 31.8 Å². The molecule has 0 radical (unpaired) electrons. The molecule has 1 aromatic heterocycles. The van der Waals surface area contributed by atoms with Gasteiger partial charge in [0.1, 0.15) is 17.6 Å². The van der Waals surface area contributed by atoms with Gasteiger partial charge in [-0.25, -0.2) is 4.79 Å². The van der Waals surface area contributed by atoms with Gasteiger partial charge < -0.3 is 20.7 Å². The number of rotatable bonds is 2. The van der Waals surface area contributed by atoms with Gasteiger partial charge in [0, 0.05) is 12.1 Å². The molecule has 0 amide bonds. The minimum absolute atomic E-state index is 0.132. The third-order valence-corrected chi connectivity index (χ3v) is 3.40. The third kappa shape index (κ3) is 1.90. The Morgan fingerprint density at radius 3 is 2.83 bits per heavy atom. The summed E-state index contributed by atoms with van der Waals surface area (Å²) in [6.45, 7) is 3.02. The number of nitrogens with two attached hydrogens (primary N) is 1. The third-order valence-electron chi connectivity index (χ3n) is 3.40. The topological polar surface area (TPSA) is 111 Å². The maximum Gasteiger partial charge on any atom is 0.351 e. The summed E-state index contributed by atoms with van der Waals surface area (Å²) in [6.07, 6.45) is -0.0588. The predicted octanol–water partition coefficient (Wildman–Crippen LogP) is -0.898. The van der Waals surface area contributed by atoms with Crippen molar-refractivity contribution in [3.05, 3.63) is 22.7 Å². The van der Waals surface area contributed by atoms with Gasteiger partial charge in [0.15, 0.2) is 0 Å². The van der Waals surface area contributed by atoms with E-state index in [2.05, 4.69) is 4.98 Å². The minimum Gasteiger partial charge on any atom is -0.393 e. The molecule has 4 N–H and O–H groups in total. The van der Waals surface area contributed by atoms with Crippen LogP contribution in [0.3, 0.4) is 0 Å². The van der Waals surface area contributed by atoms with Crippen LogP contribution in [0.25, 0.3) is 0 Å². The normalized spacial score (nSPS) is 35.9. The first-order valence-corrected chi connectivity index (χ1v) is 5.70. The number of ether oxygens (including phenoxy) is 1. The van der Waals surface area contributed by atoms with Crippen molar-refractivity contribution in [2.24, 2.45) is 5.92 Å². The number of hydrogen-bond donors (Lipinski definition) is 3. The van der Waals surface area contributed by atoms with E-state index in [1.54, 1.807) is 13.8 Å². The molecule has 1 fully saturated rings. The van der Waals surface area contributed by atoms with Crippen molar-refractivity contribution in [3.8, 4) is 0 Å². The molecule has 7 heteroatoms. The molecule has 0 spiro atoms. The highest BCUT2D eigenvalue weighted by molar-refractivity contribution is 5.23. The van der Waals surface area contributed by atoms with Crippen molar-refractivity contribution in [3.63, 3.8) is 0 Å². The fourth-order valence-electron chi connectivity index (χ4n) is 2.23. The second-order valence-electron chi connectivity index (χ2n) is 4.83. The lowest BCUT2D eigenvalue weighted by atomic mass is 9.93. The van der Waals surface area contributed by atoms with Gasteiger partial charge in [0.2, 0.25) is 0 Å². The Labute approximate surface area is 104 Å². The highest BCUT2D eigenvalue weighted by Crippen LogP contribution is 2.40. The van der Waals surface area contributed by atoms with Crippen molar-refractivity contribution in [2.75, 3.05) is 12.3 Å². The van der Waals surface area contributed by atoms with Gasteiger partial charge in [-0.3, -0.25) is 4.57 Å². The summed E-state index contributed by atoms with van der Waals surface area (Å²) < 4.78 is 6.88. The number of aliphatic hydroxyl groups excluding tert-OH is 2. The number of hydrogen-bond acceptors (Lipinski definition) is 6. The lowest BCUT2D eigenvalue weighted by Gasteiger charge is -2.25. The number of nitrogen functional groups attached to an aromatic ring is 1. The number of aliphatic hydroxyl groups is 2. The summed E-state index contributed by atoms with van der Waals surface area (Å²) in [5.41, 5.74) is 3.79. The quantitative estimate of drug-likeness (QED) is 0.631. The summed E-state index contributed by atoms with van der Waals surface area (Å²) in [7, 11) is 0. The van der Waals surface area contributed by atoms with Crippen LogP contribution in [0.1, 0.15) is 20.1 Å². The molecule has 0 aromatic carbocycles. The predicted molar refractivity (Wildman–Crippen MR) is 63.7 cm³/mol. The molecule has 4 unspecified atom stereocenters.